The van der Waals surface area contributed by atoms with Crippen LogP contribution in [0.15, 0.2) is 12.2 Å². The van der Waals surface area contributed by atoms with Gasteiger partial charge in [-0.05, 0) is 6.92 Å². The van der Waals surface area contributed by atoms with Crippen molar-refractivity contribution in [2.24, 2.45) is 0 Å². The molecule has 0 fully saturated rings. The zero-order chi connectivity index (χ0) is 10.3. The molecule has 74 valence electrons. The lowest BCUT2D eigenvalue weighted by Gasteiger charge is -2.05. The average Bonchev–Trinajstić information content (AvgIpc) is 2.00. The van der Waals surface area contributed by atoms with Gasteiger partial charge in [0, 0.05) is 6.54 Å². The summed E-state index contributed by atoms with van der Waals surface area (Å²) in [5.41, 5.74) is 2.68. The van der Waals surface area contributed by atoms with Gasteiger partial charge in [0.1, 0.15) is 0 Å². The molecule has 0 atom stereocenters. The van der Waals surface area contributed by atoms with Crippen LogP contribution in [0.25, 0.3) is 0 Å². The molecule has 0 spiro atoms. The number of hydroxylamine groups is 1. The van der Waals surface area contributed by atoms with Gasteiger partial charge in [0.25, 0.3) is 0 Å². The predicted molar refractivity (Wildman–Crippen MR) is 44.9 cm³/mol. The monoisotopic (exact) mass is 188 g/mol. The number of rotatable bonds is 5. The first-order valence-electron chi connectivity index (χ1n) is 3.54. The van der Waals surface area contributed by atoms with E-state index in [0.29, 0.717) is 6.54 Å². The number of amides is 2. The quantitative estimate of drug-likeness (QED) is 0.414. The Hall–Kier alpha value is -1.56. The average molecular weight is 188 g/mol. The third kappa shape index (κ3) is 8.35. The molecule has 13 heavy (non-hydrogen) atoms. The van der Waals surface area contributed by atoms with Crippen LogP contribution < -0.4 is 10.8 Å². The molecule has 0 aromatic rings. The second-order valence-corrected chi connectivity index (χ2v) is 2.42. The number of urea groups is 1. The molecule has 2 amide bonds. The predicted octanol–water partition coefficient (Wildman–Crippen LogP) is -0.122. The first-order chi connectivity index (χ1) is 6.02. The summed E-state index contributed by atoms with van der Waals surface area (Å²) in [4.78, 5) is 25.0. The molecule has 6 nitrogen and oxygen atoms in total. The van der Waals surface area contributed by atoms with Crippen LogP contribution in [0, 0.1) is 0 Å². The summed E-state index contributed by atoms with van der Waals surface area (Å²) in [5, 5.41) is 10.5. The van der Waals surface area contributed by atoms with Crippen LogP contribution in [0.1, 0.15) is 6.92 Å². The topological polar surface area (TPSA) is 87.7 Å². The van der Waals surface area contributed by atoms with Gasteiger partial charge in [0.05, 0.1) is 0 Å². The second-order valence-electron chi connectivity index (χ2n) is 2.42. The Kier molecular flexibility index (Phi) is 5.29. The van der Waals surface area contributed by atoms with Crippen LogP contribution in [-0.4, -0.2) is 30.3 Å². The molecule has 0 rings (SSSR count). The van der Waals surface area contributed by atoms with E-state index < -0.39 is 18.6 Å². The molecular formula is C7H12N2O4. The largest absolute Gasteiger partial charge is 0.479 e. The highest BCUT2D eigenvalue weighted by atomic mass is 16.7. The Bertz CT molecular complexity index is 215. The van der Waals surface area contributed by atoms with Crippen molar-refractivity contribution in [1.29, 1.82) is 0 Å². The standard InChI is InChI=1S/C7H12N2O4/c1-5(2)3-8-7(12)9-13-4-6(10)11/h1,3-4H2,2H3,(H,10,11)(H2,8,9,12). The third-order valence-electron chi connectivity index (χ3n) is 0.911. The lowest BCUT2D eigenvalue weighted by Crippen LogP contribution is -2.37. The Morgan fingerprint density at radius 2 is 2.15 bits per heavy atom. The van der Waals surface area contributed by atoms with Crippen molar-refractivity contribution in [3.8, 4) is 0 Å². The molecule has 0 saturated heterocycles. The summed E-state index contributed by atoms with van der Waals surface area (Å²) in [7, 11) is 0. The number of hydrogen-bond donors (Lipinski definition) is 3. The van der Waals surface area contributed by atoms with Crippen molar-refractivity contribution >= 4 is 12.0 Å². The molecule has 0 aromatic heterocycles. The van der Waals surface area contributed by atoms with Crippen LogP contribution in [-0.2, 0) is 9.63 Å². The zero-order valence-electron chi connectivity index (χ0n) is 7.29. The Morgan fingerprint density at radius 3 is 2.62 bits per heavy atom. The van der Waals surface area contributed by atoms with E-state index in [4.69, 9.17) is 5.11 Å². The molecule has 0 heterocycles. The van der Waals surface area contributed by atoms with Crippen LogP contribution in [0.2, 0.25) is 0 Å². The summed E-state index contributed by atoms with van der Waals surface area (Å²) in [6.07, 6.45) is 0. The van der Waals surface area contributed by atoms with Crippen molar-refractivity contribution in [3.05, 3.63) is 12.2 Å². The summed E-state index contributed by atoms with van der Waals surface area (Å²) in [6.45, 7) is 5.06. The maximum Gasteiger partial charge on any atom is 0.338 e. The Balaban J connectivity index is 3.41. The second kappa shape index (κ2) is 6.01. The first kappa shape index (κ1) is 11.4. The Morgan fingerprint density at radius 1 is 1.54 bits per heavy atom. The molecular weight excluding hydrogens is 176 g/mol. The summed E-state index contributed by atoms with van der Waals surface area (Å²) >= 11 is 0. The molecule has 0 bridgehead atoms. The molecule has 0 aromatic carbocycles. The van der Waals surface area contributed by atoms with Crippen molar-refractivity contribution < 1.29 is 19.5 Å². The first-order valence-corrected chi connectivity index (χ1v) is 3.54. The van der Waals surface area contributed by atoms with Crippen LogP contribution in [0.4, 0.5) is 4.79 Å². The normalized spacial score (nSPS) is 9.00. The van der Waals surface area contributed by atoms with E-state index in [1.165, 1.54) is 0 Å². The fourth-order valence-corrected chi connectivity index (χ4v) is 0.431. The highest BCUT2D eigenvalue weighted by Gasteiger charge is 2.00. The highest BCUT2D eigenvalue weighted by molar-refractivity contribution is 5.73. The number of hydrogen-bond acceptors (Lipinski definition) is 3. The van der Waals surface area contributed by atoms with Gasteiger partial charge in [0.2, 0.25) is 0 Å². The van der Waals surface area contributed by atoms with Gasteiger partial charge < -0.3 is 10.4 Å². The van der Waals surface area contributed by atoms with E-state index in [2.05, 4.69) is 16.7 Å². The Labute approximate surface area is 75.5 Å². The van der Waals surface area contributed by atoms with Crippen LogP contribution in [0.3, 0.4) is 0 Å². The van der Waals surface area contributed by atoms with Crippen LogP contribution in [0.5, 0.6) is 0 Å². The van der Waals surface area contributed by atoms with Crippen molar-refractivity contribution in [2.45, 2.75) is 6.92 Å². The molecule has 0 aliphatic carbocycles. The highest BCUT2D eigenvalue weighted by Crippen LogP contribution is 1.80. The van der Waals surface area contributed by atoms with E-state index in [9.17, 15) is 9.59 Å². The van der Waals surface area contributed by atoms with Gasteiger partial charge in [-0.2, -0.15) is 0 Å². The van der Waals surface area contributed by atoms with E-state index in [0.717, 1.165) is 5.57 Å². The molecule has 6 heteroatoms. The van der Waals surface area contributed by atoms with Crippen molar-refractivity contribution in [2.75, 3.05) is 13.2 Å². The minimum atomic E-state index is -1.15. The molecule has 0 radical (unpaired) electrons. The number of carbonyl (C=O) groups is 2. The van der Waals surface area contributed by atoms with Gasteiger partial charge in [-0.25, -0.2) is 15.1 Å². The van der Waals surface area contributed by atoms with E-state index in [-0.39, 0.29) is 0 Å². The fraction of sp³-hybridized carbons (Fsp3) is 0.429. The van der Waals surface area contributed by atoms with Crippen molar-refractivity contribution in [3.63, 3.8) is 0 Å². The number of carboxylic acids is 1. The van der Waals surface area contributed by atoms with Gasteiger partial charge in [-0.15, -0.1) is 0 Å². The van der Waals surface area contributed by atoms with Gasteiger partial charge in [0.15, 0.2) is 6.61 Å². The minimum Gasteiger partial charge on any atom is -0.479 e. The summed E-state index contributed by atoms with van der Waals surface area (Å²) in [5.74, 6) is -1.15. The van der Waals surface area contributed by atoms with E-state index >= 15 is 0 Å². The maximum atomic E-state index is 10.7. The van der Waals surface area contributed by atoms with Crippen LogP contribution >= 0.6 is 0 Å². The molecule has 0 unspecified atom stereocenters. The lowest BCUT2D eigenvalue weighted by atomic mass is 10.3. The number of nitrogens with one attached hydrogen (secondary N) is 2. The third-order valence-corrected chi connectivity index (χ3v) is 0.911. The maximum absolute atomic E-state index is 10.7. The van der Waals surface area contributed by atoms with E-state index in [1.807, 2.05) is 5.48 Å². The number of aliphatic carboxylic acids is 1. The van der Waals surface area contributed by atoms with Gasteiger partial charge >= 0.3 is 12.0 Å². The van der Waals surface area contributed by atoms with Gasteiger partial charge in [-0.1, -0.05) is 12.2 Å². The summed E-state index contributed by atoms with van der Waals surface area (Å²) < 4.78 is 0. The van der Waals surface area contributed by atoms with Gasteiger partial charge in [-0.3, -0.25) is 4.84 Å². The summed E-state index contributed by atoms with van der Waals surface area (Å²) in [6, 6.07) is -0.593. The number of carbonyl (C=O) groups excluding carboxylic acids is 1. The molecule has 0 aliphatic rings. The molecule has 0 saturated carbocycles. The lowest BCUT2D eigenvalue weighted by molar-refractivity contribution is -0.144. The SMILES string of the molecule is C=C(C)CNC(=O)NOCC(=O)O. The zero-order valence-corrected chi connectivity index (χ0v) is 7.29. The molecule has 0 aliphatic heterocycles. The molecule has 3 N–H and O–H groups in total. The fourth-order valence-electron chi connectivity index (χ4n) is 0.431. The minimum absolute atomic E-state index is 0.322. The van der Waals surface area contributed by atoms with Crippen molar-refractivity contribution in [1.82, 2.24) is 10.8 Å². The number of carboxylic acid groups (broad SMARTS) is 1. The smallest absolute Gasteiger partial charge is 0.338 e. The van der Waals surface area contributed by atoms with E-state index in [1.54, 1.807) is 6.92 Å².